The van der Waals surface area contributed by atoms with Crippen LogP contribution in [0.5, 0.6) is 5.75 Å². The quantitative estimate of drug-likeness (QED) is 0.648. The Labute approximate surface area is 166 Å². The van der Waals surface area contributed by atoms with Crippen molar-refractivity contribution in [2.75, 3.05) is 7.11 Å². The fourth-order valence-corrected chi connectivity index (χ4v) is 3.40. The zero-order chi connectivity index (χ0) is 20.4. The van der Waals surface area contributed by atoms with E-state index in [9.17, 15) is 14.7 Å². The van der Waals surface area contributed by atoms with Gasteiger partial charge in [0.2, 0.25) is 5.78 Å². The van der Waals surface area contributed by atoms with Crippen molar-refractivity contribution in [1.82, 2.24) is 9.88 Å². The zero-order valence-electron chi connectivity index (χ0n) is 15.6. The van der Waals surface area contributed by atoms with Gasteiger partial charge in [0.15, 0.2) is 11.5 Å². The number of carbonyl (C=O) groups is 2. The summed E-state index contributed by atoms with van der Waals surface area (Å²) < 4.78 is 10.4. The van der Waals surface area contributed by atoms with E-state index in [1.165, 1.54) is 17.2 Å². The number of rotatable bonds is 6. The van der Waals surface area contributed by atoms with Crippen LogP contribution in [0.25, 0.3) is 0 Å². The van der Waals surface area contributed by atoms with Gasteiger partial charge < -0.3 is 19.2 Å². The van der Waals surface area contributed by atoms with Gasteiger partial charge >= 0.3 is 0 Å². The van der Waals surface area contributed by atoms with E-state index < -0.39 is 23.5 Å². The molecule has 0 saturated heterocycles. The van der Waals surface area contributed by atoms with E-state index in [2.05, 4.69) is 4.98 Å². The molecule has 1 atom stereocenters. The summed E-state index contributed by atoms with van der Waals surface area (Å²) in [6, 6.07) is 13.0. The molecule has 1 unspecified atom stereocenters. The molecule has 7 nitrogen and oxygen atoms in total. The van der Waals surface area contributed by atoms with Crippen molar-refractivity contribution in [3.05, 3.63) is 95.4 Å². The third kappa shape index (κ3) is 3.38. The molecular weight excluding hydrogens is 372 g/mol. The van der Waals surface area contributed by atoms with Gasteiger partial charge in [0, 0.05) is 18.9 Å². The predicted molar refractivity (Wildman–Crippen MR) is 103 cm³/mol. The van der Waals surface area contributed by atoms with Crippen molar-refractivity contribution in [2.24, 2.45) is 0 Å². The van der Waals surface area contributed by atoms with Crippen LogP contribution < -0.4 is 4.74 Å². The molecular formula is C22H18N2O5. The molecule has 3 heterocycles. The van der Waals surface area contributed by atoms with Gasteiger partial charge in [0.05, 0.1) is 25.0 Å². The maximum Gasteiger partial charge on any atom is 0.290 e. The second-order valence-corrected chi connectivity index (χ2v) is 6.54. The van der Waals surface area contributed by atoms with Gasteiger partial charge in [-0.15, -0.1) is 0 Å². The molecule has 0 fully saturated rings. The van der Waals surface area contributed by atoms with Crippen LogP contribution in [-0.2, 0) is 11.3 Å². The van der Waals surface area contributed by atoms with Crippen LogP contribution in [0.3, 0.4) is 0 Å². The number of ether oxygens (including phenoxy) is 1. The normalized spacial score (nSPS) is 16.4. The topological polar surface area (TPSA) is 92.9 Å². The molecule has 0 bridgehead atoms. The first-order valence-corrected chi connectivity index (χ1v) is 8.95. The molecule has 7 heteroatoms. The van der Waals surface area contributed by atoms with E-state index in [4.69, 9.17) is 9.15 Å². The van der Waals surface area contributed by atoms with E-state index in [1.807, 2.05) is 12.1 Å². The van der Waals surface area contributed by atoms with Gasteiger partial charge in [-0.25, -0.2) is 0 Å². The highest BCUT2D eigenvalue weighted by Gasteiger charge is 2.44. The number of pyridine rings is 1. The lowest BCUT2D eigenvalue weighted by molar-refractivity contribution is -0.130. The molecule has 29 heavy (non-hydrogen) atoms. The summed E-state index contributed by atoms with van der Waals surface area (Å²) in [6.07, 6.45) is 4.55. The number of ketones is 1. The molecule has 1 aromatic carbocycles. The molecule has 0 saturated carbocycles. The molecule has 0 aliphatic carbocycles. The maximum atomic E-state index is 13.0. The average Bonchev–Trinajstić information content (AvgIpc) is 3.38. The molecule has 3 aromatic rings. The van der Waals surface area contributed by atoms with E-state index in [1.54, 1.807) is 49.8 Å². The second-order valence-electron chi connectivity index (χ2n) is 6.54. The highest BCUT2D eigenvalue weighted by molar-refractivity contribution is 6.14. The second kappa shape index (κ2) is 7.63. The minimum absolute atomic E-state index is 0.0218. The molecule has 4 rings (SSSR count). The third-order valence-electron chi connectivity index (χ3n) is 4.81. The number of aliphatic hydroxyl groups excluding tert-OH is 1. The number of aromatic nitrogens is 1. The maximum absolute atomic E-state index is 13.0. The molecule has 1 aliphatic rings. The molecule has 1 N–H and O–H groups in total. The number of carbonyl (C=O) groups excluding carboxylic acids is 2. The fraction of sp³-hybridized carbons (Fsp3) is 0.136. The largest absolute Gasteiger partial charge is 0.503 e. The number of methoxy groups -OCH3 is 1. The Bertz CT molecular complexity index is 1060. The first-order chi connectivity index (χ1) is 14.1. The molecule has 0 radical (unpaired) electrons. The summed E-state index contributed by atoms with van der Waals surface area (Å²) in [7, 11) is 1.58. The Morgan fingerprint density at radius 2 is 2.00 bits per heavy atom. The van der Waals surface area contributed by atoms with Crippen molar-refractivity contribution < 1.29 is 23.8 Å². The summed E-state index contributed by atoms with van der Waals surface area (Å²) in [5.41, 5.74) is 1.42. The Hall–Kier alpha value is -3.87. The Kier molecular flexibility index (Phi) is 4.87. The number of amides is 1. The van der Waals surface area contributed by atoms with Crippen molar-refractivity contribution >= 4 is 11.7 Å². The van der Waals surface area contributed by atoms with E-state index >= 15 is 0 Å². The minimum Gasteiger partial charge on any atom is -0.503 e. The average molecular weight is 390 g/mol. The van der Waals surface area contributed by atoms with Crippen LogP contribution in [0.2, 0.25) is 0 Å². The number of furan rings is 1. The van der Waals surface area contributed by atoms with E-state index in [-0.39, 0.29) is 17.9 Å². The van der Waals surface area contributed by atoms with Gasteiger partial charge in [0.25, 0.3) is 5.91 Å². The number of hydrogen-bond acceptors (Lipinski definition) is 6. The van der Waals surface area contributed by atoms with Crippen molar-refractivity contribution in [3.8, 4) is 5.75 Å². The summed E-state index contributed by atoms with van der Waals surface area (Å²) in [4.78, 5) is 31.4. The lowest BCUT2D eigenvalue weighted by Crippen LogP contribution is -2.30. The SMILES string of the molecule is COc1ccc(CN2C(=O)C(O)=C(C(=O)c3ccco3)C2c2cccnc2)cc1. The Morgan fingerprint density at radius 3 is 2.62 bits per heavy atom. The summed E-state index contributed by atoms with van der Waals surface area (Å²) >= 11 is 0. The monoisotopic (exact) mass is 390 g/mol. The van der Waals surface area contributed by atoms with Gasteiger partial charge in [0.1, 0.15) is 5.75 Å². The molecule has 2 aromatic heterocycles. The van der Waals surface area contributed by atoms with E-state index in [0.29, 0.717) is 11.3 Å². The van der Waals surface area contributed by atoms with Crippen LogP contribution in [0.4, 0.5) is 0 Å². The highest BCUT2D eigenvalue weighted by atomic mass is 16.5. The molecule has 1 aliphatic heterocycles. The predicted octanol–water partition coefficient (Wildman–Crippen LogP) is 3.46. The van der Waals surface area contributed by atoms with Crippen LogP contribution in [0, 0.1) is 0 Å². The molecule has 146 valence electrons. The number of hydrogen-bond donors (Lipinski definition) is 1. The summed E-state index contributed by atoms with van der Waals surface area (Å²) in [5, 5.41) is 10.6. The summed E-state index contributed by atoms with van der Waals surface area (Å²) in [5.74, 6) is -0.982. The smallest absolute Gasteiger partial charge is 0.290 e. The first kappa shape index (κ1) is 18.5. The highest BCUT2D eigenvalue weighted by Crippen LogP contribution is 2.39. The van der Waals surface area contributed by atoms with Crippen LogP contribution in [0.1, 0.15) is 27.7 Å². The number of Topliss-reactive ketones (excluding diaryl/α,β-unsaturated/α-hetero) is 1. The zero-order valence-corrected chi connectivity index (χ0v) is 15.6. The van der Waals surface area contributed by atoms with Crippen LogP contribution in [0.15, 0.2) is 82.9 Å². The lowest BCUT2D eigenvalue weighted by Gasteiger charge is -2.26. The lowest BCUT2D eigenvalue weighted by atomic mass is 9.96. The fourth-order valence-electron chi connectivity index (χ4n) is 3.40. The van der Waals surface area contributed by atoms with Gasteiger partial charge in [-0.1, -0.05) is 18.2 Å². The minimum atomic E-state index is -0.782. The number of nitrogens with zero attached hydrogens (tertiary/aromatic N) is 2. The standard InChI is InChI=1S/C22H18N2O5/c1-28-16-8-6-14(7-9-16)13-24-19(15-4-2-10-23-12-15)18(21(26)22(24)27)20(25)17-5-3-11-29-17/h2-12,19,26H,13H2,1H3. The number of aliphatic hydroxyl groups is 1. The van der Waals surface area contributed by atoms with Crippen LogP contribution in [-0.4, -0.2) is 33.8 Å². The van der Waals surface area contributed by atoms with Crippen molar-refractivity contribution in [1.29, 1.82) is 0 Å². The third-order valence-corrected chi connectivity index (χ3v) is 4.81. The van der Waals surface area contributed by atoms with Gasteiger partial charge in [-0.2, -0.15) is 0 Å². The molecule has 1 amide bonds. The van der Waals surface area contributed by atoms with Crippen molar-refractivity contribution in [2.45, 2.75) is 12.6 Å². The summed E-state index contributed by atoms with van der Waals surface area (Å²) in [6.45, 7) is 0.196. The van der Waals surface area contributed by atoms with Gasteiger partial charge in [-0.05, 0) is 41.5 Å². The first-order valence-electron chi connectivity index (χ1n) is 8.95. The Balaban J connectivity index is 1.74. The van der Waals surface area contributed by atoms with Gasteiger partial charge in [-0.3, -0.25) is 14.6 Å². The van der Waals surface area contributed by atoms with Crippen molar-refractivity contribution in [3.63, 3.8) is 0 Å². The number of benzene rings is 1. The van der Waals surface area contributed by atoms with Crippen LogP contribution >= 0.6 is 0 Å². The Morgan fingerprint density at radius 1 is 1.21 bits per heavy atom. The molecule has 0 spiro atoms. The van der Waals surface area contributed by atoms with E-state index in [0.717, 1.165) is 5.56 Å².